The normalized spacial score (nSPS) is 28.6. The van der Waals surface area contributed by atoms with Crippen LogP contribution in [0.4, 0.5) is 0 Å². The summed E-state index contributed by atoms with van der Waals surface area (Å²) in [7, 11) is 1.52. The average molecular weight is 493 g/mol. The number of hydrogen-bond donors (Lipinski definition) is 2. The number of carbonyl (C=O) groups is 1. The van der Waals surface area contributed by atoms with E-state index in [2.05, 4.69) is 81.4 Å². The second-order valence-electron chi connectivity index (χ2n) is 11.5. The number of rotatable bonds is 1. The third kappa shape index (κ3) is 2.77. The van der Waals surface area contributed by atoms with E-state index in [0.29, 0.717) is 0 Å². The van der Waals surface area contributed by atoms with Crippen molar-refractivity contribution in [2.24, 2.45) is 11.8 Å². The zero-order valence-electron chi connectivity index (χ0n) is 21.4. The van der Waals surface area contributed by atoms with Gasteiger partial charge < -0.3 is 19.6 Å². The Labute approximate surface area is 216 Å². The van der Waals surface area contributed by atoms with Gasteiger partial charge in [0.2, 0.25) is 0 Å². The van der Waals surface area contributed by atoms with Gasteiger partial charge in [-0.15, -0.1) is 0 Å². The minimum absolute atomic E-state index is 0.129. The molecule has 0 bridgehead atoms. The van der Waals surface area contributed by atoms with E-state index in [1.807, 2.05) is 0 Å². The van der Waals surface area contributed by atoms with E-state index >= 15 is 0 Å². The summed E-state index contributed by atoms with van der Waals surface area (Å²) in [4.78, 5) is 25.9. The fourth-order valence-electron chi connectivity index (χ4n) is 8.23. The average Bonchev–Trinajstić information content (AvgIpc) is 3.51. The molecule has 2 aromatic carbocycles. The van der Waals surface area contributed by atoms with Gasteiger partial charge in [-0.1, -0.05) is 36.4 Å². The highest BCUT2D eigenvalue weighted by Gasteiger charge is 2.56. The van der Waals surface area contributed by atoms with Crippen molar-refractivity contribution in [2.75, 3.05) is 26.7 Å². The quantitative estimate of drug-likeness (QED) is 0.366. The summed E-state index contributed by atoms with van der Waals surface area (Å²) in [6, 6.07) is 17.6. The van der Waals surface area contributed by atoms with Crippen molar-refractivity contribution in [3.05, 3.63) is 82.8 Å². The molecule has 2 N–H and O–H groups in total. The summed E-state index contributed by atoms with van der Waals surface area (Å²) in [6.07, 6.45) is 5.10. The van der Waals surface area contributed by atoms with Gasteiger partial charge in [0.15, 0.2) is 0 Å². The lowest BCUT2D eigenvalue weighted by Crippen LogP contribution is -2.62. The number of nitrogens with one attached hydrogen (secondary N) is 2. The molecular formula is C31H32N4O2. The van der Waals surface area contributed by atoms with Gasteiger partial charge in [-0.25, -0.2) is 4.79 Å². The molecule has 37 heavy (non-hydrogen) atoms. The maximum atomic E-state index is 13.2. The second-order valence-corrected chi connectivity index (χ2v) is 11.5. The first-order valence-electron chi connectivity index (χ1n) is 13.6. The number of hydrogen-bond acceptors (Lipinski definition) is 4. The zero-order valence-corrected chi connectivity index (χ0v) is 21.4. The molecule has 4 aliphatic heterocycles. The number of ether oxygens (including phenoxy) is 1. The Hall–Kier alpha value is -3.51. The minimum Gasteiger partial charge on any atom is -0.466 e. The van der Waals surface area contributed by atoms with Crippen LogP contribution >= 0.6 is 0 Å². The molecule has 4 aromatic rings. The Morgan fingerprint density at radius 2 is 1.68 bits per heavy atom. The SMILES string of the molecule is COC(=O)C1=CN2CCc3c([nH]c4ccccc34)[C@@]2(C)[C@H]2CN3CCc4c([nH]c5ccccc45)[C@H]3C[C@H]12. The summed E-state index contributed by atoms with van der Waals surface area (Å²) in [5, 5.41) is 2.69. The number of benzene rings is 2. The van der Waals surface area contributed by atoms with Crippen molar-refractivity contribution in [3.63, 3.8) is 0 Å². The molecule has 0 spiro atoms. The summed E-state index contributed by atoms with van der Waals surface area (Å²) >= 11 is 0. The number of para-hydroxylation sites is 2. The van der Waals surface area contributed by atoms with Crippen molar-refractivity contribution in [3.8, 4) is 0 Å². The number of fused-ring (bicyclic) bond motifs is 12. The van der Waals surface area contributed by atoms with Crippen LogP contribution in [-0.4, -0.2) is 52.5 Å². The topological polar surface area (TPSA) is 64.4 Å². The fourth-order valence-corrected chi connectivity index (χ4v) is 8.23. The maximum absolute atomic E-state index is 13.2. The molecule has 0 amide bonds. The summed E-state index contributed by atoms with van der Waals surface area (Å²) in [6.45, 7) is 5.32. The van der Waals surface area contributed by atoms with Gasteiger partial charge in [-0.05, 0) is 49.4 Å². The summed E-state index contributed by atoms with van der Waals surface area (Å²) in [5.41, 5.74) is 8.64. The molecular weight excluding hydrogens is 460 g/mol. The summed E-state index contributed by atoms with van der Waals surface area (Å²) in [5.74, 6) is 0.228. The first-order valence-corrected chi connectivity index (χ1v) is 13.6. The highest BCUT2D eigenvalue weighted by Crippen LogP contribution is 2.56. The fraction of sp³-hybridized carbons (Fsp3) is 0.387. The molecule has 6 heteroatoms. The Morgan fingerprint density at radius 3 is 2.46 bits per heavy atom. The van der Waals surface area contributed by atoms with E-state index in [0.717, 1.165) is 44.5 Å². The number of esters is 1. The van der Waals surface area contributed by atoms with Crippen LogP contribution in [0.15, 0.2) is 60.3 Å². The number of H-pyrrole nitrogens is 2. The van der Waals surface area contributed by atoms with E-state index in [-0.39, 0.29) is 29.4 Å². The van der Waals surface area contributed by atoms with Crippen LogP contribution in [0.1, 0.15) is 41.9 Å². The van der Waals surface area contributed by atoms with Gasteiger partial charge in [0, 0.05) is 70.9 Å². The third-order valence-corrected chi connectivity index (χ3v) is 10.0. The van der Waals surface area contributed by atoms with E-state index in [9.17, 15) is 4.79 Å². The highest BCUT2D eigenvalue weighted by molar-refractivity contribution is 5.90. The molecule has 0 saturated carbocycles. The van der Waals surface area contributed by atoms with Crippen LogP contribution in [0.25, 0.3) is 21.8 Å². The molecule has 188 valence electrons. The van der Waals surface area contributed by atoms with Crippen molar-refractivity contribution < 1.29 is 9.53 Å². The Bertz CT molecular complexity index is 1610. The van der Waals surface area contributed by atoms with Crippen LogP contribution in [0.2, 0.25) is 0 Å². The van der Waals surface area contributed by atoms with Crippen LogP contribution in [-0.2, 0) is 27.9 Å². The molecule has 1 fully saturated rings. The monoisotopic (exact) mass is 492 g/mol. The molecule has 1 saturated heterocycles. The second kappa shape index (κ2) is 7.51. The van der Waals surface area contributed by atoms with Gasteiger partial charge >= 0.3 is 5.97 Å². The predicted octanol–water partition coefficient (Wildman–Crippen LogP) is 5.03. The molecule has 8 rings (SSSR count). The molecule has 6 nitrogen and oxygen atoms in total. The lowest BCUT2D eigenvalue weighted by Gasteiger charge is -2.59. The Balaban J connectivity index is 1.28. The minimum atomic E-state index is -0.208. The first-order chi connectivity index (χ1) is 18.1. The van der Waals surface area contributed by atoms with Crippen LogP contribution in [0, 0.1) is 11.8 Å². The van der Waals surface area contributed by atoms with E-state index in [1.54, 1.807) is 0 Å². The highest BCUT2D eigenvalue weighted by atomic mass is 16.5. The number of aromatic nitrogens is 2. The van der Waals surface area contributed by atoms with Gasteiger partial charge in [0.25, 0.3) is 0 Å². The molecule has 2 aromatic heterocycles. The maximum Gasteiger partial charge on any atom is 0.335 e. The number of aromatic amines is 2. The standard InChI is InChI=1S/C31H32N4O2/c1-31-24-17-34-13-11-20-18-7-3-5-9-25(18)32-28(20)27(34)15-22(24)23(30(36)37-2)16-35(31)14-12-21-19-8-4-6-10-26(19)33-29(21)31/h3-10,16,22,24,27,32-33H,11-15,17H2,1-2H3/t22-,24+,27-,31-/m1/s1. The predicted molar refractivity (Wildman–Crippen MR) is 144 cm³/mol. The van der Waals surface area contributed by atoms with Crippen LogP contribution in [0.5, 0.6) is 0 Å². The van der Waals surface area contributed by atoms with Crippen molar-refractivity contribution >= 4 is 27.8 Å². The molecule has 0 unspecified atom stereocenters. The lowest BCUT2D eigenvalue weighted by molar-refractivity contribution is -0.139. The van der Waals surface area contributed by atoms with Gasteiger partial charge in [-0.2, -0.15) is 0 Å². The Kier molecular flexibility index (Phi) is 4.38. The molecule has 4 aliphatic rings. The molecule has 6 heterocycles. The zero-order chi connectivity index (χ0) is 24.9. The largest absolute Gasteiger partial charge is 0.466 e. The van der Waals surface area contributed by atoms with Crippen molar-refractivity contribution in [1.29, 1.82) is 0 Å². The van der Waals surface area contributed by atoms with Gasteiger partial charge in [0.05, 0.1) is 24.3 Å². The third-order valence-electron chi connectivity index (χ3n) is 10.0. The van der Waals surface area contributed by atoms with E-state index < -0.39 is 0 Å². The number of nitrogens with zero attached hydrogens (tertiary/aromatic N) is 2. The molecule has 4 atom stereocenters. The van der Waals surface area contributed by atoms with Crippen LogP contribution in [0.3, 0.4) is 0 Å². The van der Waals surface area contributed by atoms with Crippen molar-refractivity contribution in [1.82, 2.24) is 19.8 Å². The molecule has 0 aliphatic carbocycles. The van der Waals surface area contributed by atoms with Crippen molar-refractivity contribution in [2.45, 2.75) is 37.8 Å². The number of methoxy groups -OCH3 is 1. The van der Waals surface area contributed by atoms with E-state index in [4.69, 9.17) is 4.74 Å². The lowest BCUT2D eigenvalue weighted by atomic mass is 9.62. The van der Waals surface area contributed by atoms with E-state index in [1.165, 1.54) is 51.4 Å². The van der Waals surface area contributed by atoms with Gasteiger partial charge in [0.1, 0.15) is 0 Å². The Morgan fingerprint density at radius 1 is 0.973 bits per heavy atom. The number of carbonyl (C=O) groups excluding carboxylic acids is 1. The summed E-state index contributed by atoms with van der Waals surface area (Å²) < 4.78 is 5.36. The van der Waals surface area contributed by atoms with Gasteiger partial charge in [-0.3, -0.25) is 4.90 Å². The molecule has 0 radical (unpaired) electrons. The smallest absolute Gasteiger partial charge is 0.335 e. The number of piperidine rings is 1. The van der Waals surface area contributed by atoms with Crippen LogP contribution < -0.4 is 0 Å². The first kappa shape index (κ1) is 21.6.